The SMILES string of the molecule is Cc1c(C=CCN2CCN(c3cc(F)cc(F)c3)CC2)cnn1-c1cc(NC(CO)CO)nc(N)n1. The van der Waals surface area contributed by atoms with E-state index in [1.165, 1.54) is 12.1 Å². The largest absolute Gasteiger partial charge is 0.394 e. The number of aliphatic hydroxyl groups is 2. The van der Waals surface area contributed by atoms with E-state index in [0.717, 1.165) is 37.0 Å². The summed E-state index contributed by atoms with van der Waals surface area (Å²) in [5, 5.41) is 25.9. The molecule has 3 aromatic rings. The van der Waals surface area contributed by atoms with Gasteiger partial charge in [-0.05, 0) is 19.1 Å². The van der Waals surface area contributed by atoms with E-state index in [1.54, 1.807) is 16.9 Å². The Bertz CT molecular complexity index is 1190. The number of nitrogens with two attached hydrogens (primary N) is 1. The van der Waals surface area contributed by atoms with E-state index in [9.17, 15) is 19.0 Å². The maximum Gasteiger partial charge on any atom is 0.224 e. The fraction of sp³-hybridized carbons (Fsp3) is 0.375. The van der Waals surface area contributed by atoms with Crippen molar-refractivity contribution in [2.45, 2.75) is 13.0 Å². The third kappa shape index (κ3) is 6.14. The zero-order valence-electron chi connectivity index (χ0n) is 20.0. The molecule has 5 N–H and O–H groups in total. The van der Waals surface area contributed by atoms with Crippen LogP contribution in [0.5, 0.6) is 0 Å². The first-order chi connectivity index (χ1) is 17.4. The van der Waals surface area contributed by atoms with Crippen LogP contribution in [-0.4, -0.2) is 86.8 Å². The lowest BCUT2D eigenvalue weighted by molar-refractivity contribution is 0.203. The average Bonchev–Trinajstić information content (AvgIpc) is 3.22. The fourth-order valence-corrected chi connectivity index (χ4v) is 4.05. The highest BCUT2D eigenvalue weighted by molar-refractivity contribution is 5.54. The van der Waals surface area contributed by atoms with Crippen LogP contribution in [0.1, 0.15) is 11.3 Å². The van der Waals surface area contributed by atoms with Crippen LogP contribution >= 0.6 is 0 Å². The summed E-state index contributed by atoms with van der Waals surface area (Å²) in [7, 11) is 0. The van der Waals surface area contributed by atoms with Crippen molar-refractivity contribution in [3.05, 3.63) is 59.4 Å². The van der Waals surface area contributed by atoms with E-state index in [2.05, 4.69) is 31.4 Å². The molecular formula is C24H30F2N8O2. The summed E-state index contributed by atoms with van der Waals surface area (Å²) in [4.78, 5) is 12.6. The smallest absolute Gasteiger partial charge is 0.224 e. The topological polar surface area (TPSA) is 129 Å². The number of anilines is 3. The maximum absolute atomic E-state index is 13.5. The molecule has 0 saturated carbocycles. The number of aromatic nitrogens is 4. The summed E-state index contributed by atoms with van der Waals surface area (Å²) in [5.41, 5.74) is 8.19. The van der Waals surface area contributed by atoms with E-state index in [0.29, 0.717) is 30.4 Å². The predicted molar refractivity (Wildman–Crippen MR) is 134 cm³/mol. The molecule has 3 heterocycles. The second-order valence-corrected chi connectivity index (χ2v) is 8.59. The van der Waals surface area contributed by atoms with Gasteiger partial charge in [-0.1, -0.05) is 12.2 Å². The highest BCUT2D eigenvalue weighted by Gasteiger charge is 2.18. The average molecular weight is 501 g/mol. The van der Waals surface area contributed by atoms with Crippen LogP contribution in [0, 0.1) is 18.6 Å². The van der Waals surface area contributed by atoms with E-state index >= 15 is 0 Å². The van der Waals surface area contributed by atoms with Gasteiger partial charge in [-0.15, -0.1) is 0 Å². The van der Waals surface area contributed by atoms with E-state index in [1.807, 2.05) is 17.9 Å². The van der Waals surface area contributed by atoms with Crippen molar-refractivity contribution in [3.63, 3.8) is 0 Å². The minimum Gasteiger partial charge on any atom is -0.394 e. The number of nitrogens with zero attached hydrogens (tertiary/aromatic N) is 6. The van der Waals surface area contributed by atoms with Gasteiger partial charge in [0.15, 0.2) is 5.82 Å². The first-order valence-electron chi connectivity index (χ1n) is 11.6. The monoisotopic (exact) mass is 500 g/mol. The third-order valence-corrected chi connectivity index (χ3v) is 6.03. The molecular weight excluding hydrogens is 470 g/mol. The molecule has 1 saturated heterocycles. The van der Waals surface area contributed by atoms with Gasteiger partial charge in [0, 0.05) is 56.1 Å². The second kappa shape index (κ2) is 11.4. The van der Waals surface area contributed by atoms with Crippen LogP contribution in [0.2, 0.25) is 0 Å². The van der Waals surface area contributed by atoms with Crippen LogP contribution in [0.25, 0.3) is 11.9 Å². The highest BCUT2D eigenvalue weighted by atomic mass is 19.1. The van der Waals surface area contributed by atoms with Gasteiger partial charge < -0.3 is 26.2 Å². The number of benzene rings is 1. The molecule has 1 aliphatic rings. The normalized spacial score (nSPS) is 14.8. The second-order valence-electron chi connectivity index (χ2n) is 8.59. The molecule has 0 bridgehead atoms. The molecule has 10 nitrogen and oxygen atoms in total. The zero-order valence-corrected chi connectivity index (χ0v) is 20.0. The van der Waals surface area contributed by atoms with Gasteiger partial charge in [0.25, 0.3) is 0 Å². The molecule has 1 fully saturated rings. The van der Waals surface area contributed by atoms with Gasteiger partial charge in [-0.2, -0.15) is 15.1 Å². The Morgan fingerprint density at radius 1 is 1.06 bits per heavy atom. The van der Waals surface area contributed by atoms with Gasteiger partial charge in [0.1, 0.15) is 17.5 Å². The van der Waals surface area contributed by atoms with Crippen molar-refractivity contribution in [2.75, 3.05) is 61.9 Å². The molecule has 4 rings (SSSR count). The summed E-state index contributed by atoms with van der Waals surface area (Å²) in [6.07, 6.45) is 5.78. The Balaban J connectivity index is 1.37. The van der Waals surface area contributed by atoms with Crippen molar-refractivity contribution in [1.82, 2.24) is 24.6 Å². The molecule has 2 aromatic heterocycles. The Labute approximate surface area is 207 Å². The molecule has 0 aliphatic carbocycles. The summed E-state index contributed by atoms with van der Waals surface area (Å²) in [5.74, 6) is -0.262. The van der Waals surface area contributed by atoms with Crippen LogP contribution < -0.4 is 16.0 Å². The number of hydrogen-bond acceptors (Lipinski definition) is 9. The molecule has 1 aliphatic heterocycles. The number of aliphatic hydroxyl groups excluding tert-OH is 2. The number of nitrogens with one attached hydrogen (secondary N) is 1. The molecule has 0 unspecified atom stereocenters. The molecule has 0 atom stereocenters. The van der Waals surface area contributed by atoms with Crippen LogP contribution in [0.3, 0.4) is 0 Å². The molecule has 192 valence electrons. The summed E-state index contributed by atoms with van der Waals surface area (Å²) in [6, 6.07) is 4.68. The minimum atomic E-state index is -0.568. The van der Waals surface area contributed by atoms with Gasteiger partial charge in [0.05, 0.1) is 31.1 Å². The summed E-state index contributed by atoms with van der Waals surface area (Å²) < 4.78 is 28.7. The lowest BCUT2D eigenvalue weighted by Gasteiger charge is -2.35. The third-order valence-electron chi connectivity index (χ3n) is 6.03. The molecule has 1 aromatic carbocycles. The van der Waals surface area contributed by atoms with Crippen LogP contribution in [0.4, 0.5) is 26.2 Å². The lowest BCUT2D eigenvalue weighted by Crippen LogP contribution is -2.46. The predicted octanol–water partition coefficient (Wildman–Crippen LogP) is 1.43. The van der Waals surface area contributed by atoms with Gasteiger partial charge in [0.2, 0.25) is 5.95 Å². The van der Waals surface area contributed by atoms with Crippen molar-refractivity contribution < 1.29 is 19.0 Å². The Hall–Kier alpha value is -3.61. The fourth-order valence-electron chi connectivity index (χ4n) is 4.05. The molecule has 0 amide bonds. The van der Waals surface area contributed by atoms with Crippen molar-refractivity contribution >= 4 is 23.5 Å². The zero-order chi connectivity index (χ0) is 25.7. The molecule has 36 heavy (non-hydrogen) atoms. The number of rotatable bonds is 9. The summed E-state index contributed by atoms with van der Waals surface area (Å²) >= 11 is 0. The number of piperazine rings is 1. The van der Waals surface area contributed by atoms with Crippen LogP contribution in [-0.2, 0) is 0 Å². The van der Waals surface area contributed by atoms with E-state index in [4.69, 9.17) is 5.73 Å². The van der Waals surface area contributed by atoms with Gasteiger partial charge in [-0.25, -0.2) is 13.5 Å². The van der Waals surface area contributed by atoms with E-state index < -0.39 is 17.7 Å². The molecule has 0 spiro atoms. The lowest BCUT2D eigenvalue weighted by atomic mass is 10.2. The number of nitrogen functional groups attached to an aromatic ring is 1. The quantitative estimate of drug-likeness (QED) is 0.345. The van der Waals surface area contributed by atoms with Gasteiger partial charge >= 0.3 is 0 Å². The highest BCUT2D eigenvalue weighted by Crippen LogP contribution is 2.20. The van der Waals surface area contributed by atoms with Crippen LogP contribution in [0.15, 0.2) is 36.5 Å². The number of hydrogen-bond donors (Lipinski definition) is 4. The standard InChI is InChI=1S/C24H30F2N8O2/c1-16-17(13-28-34(16)23-12-22(30-24(27)31-23)29-20(14-35)15-36)3-2-4-32-5-7-33(8-6-32)21-10-18(25)9-19(26)11-21/h2-3,9-13,20,35-36H,4-8,14-15H2,1H3,(H3,27,29,30,31). The minimum absolute atomic E-state index is 0.0387. The van der Waals surface area contributed by atoms with E-state index in [-0.39, 0.29) is 19.2 Å². The van der Waals surface area contributed by atoms with Crippen molar-refractivity contribution in [2.24, 2.45) is 0 Å². The molecule has 12 heteroatoms. The van der Waals surface area contributed by atoms with Gasteiger partial charge in [-0.3, -0.25) is 4.90 Å². The Kier molecular flexibility index (Phi) is 8.08. The number of halogens is 2. The first kappa shape index (κ1) is 25.5. The maximum atomic E-state index is 13.5. The Morgan fingerprint density at radius 3 is 2.42 bits per heavy atom. The van der Waals surface area contributed by atoms with Crippen molar-refractivity contribution in [1.29, 1.82) is 0 Å². The summed E-state index contributed by atoms with van der Waals surface area (Å²) in [6.45, 7) is 5.05. The molecule has 0 radical (unpaired) electrons. The van der Waals surface area contributed by atoms with Crippen molar-refractivity contribution in [3.8, 4) is 5.82 Å². The first-order valence-corrected chi connectivity index (χ1v) is 11.6. The Morgan fingerprint density at radius 2 is 1.75 bits per heavy atom.